The van der Waals surface area contributed by atoms with Gasteiger partial charge in [-0.2, -0.15) is 0 Å². The van der Waals surface area contributed by atoms with Crippen molar-refractivity contribution < 1.29 is 0 Å². The molecule has 0 aliphatic rings. The van der Waals surface area contributed by atoms with E-state index in [-0.39, 0.29) is 0 Å². The Labute approximate surface area is 133 Å². The molecule has 0 amide bonds. The van der Waals surface area contributed by atoms with E-state index in [0.29, 0.717) is 0 Å². The van der Waals surface area contributed by atoms with Gasteiger partial charge in [0.1, 0.15) is 0 Å². The molecule has 3 rings (SSSR count). The van der Waals surface area contributed by atoms with Crippen LogP contribution >= 0.6 is 23.6 Å². The third kappa shape index (κ3) is 3.12. The minimum absolute atomic E-state index is 0.921. The number of benzene rings is 1. The van der Waals surface area contributed by atoms with Gasteiger partial charge in [-0.3, -0.25) is 4.98 Å². The average molecular weight is 312 g/mol. The Balaban J connectivity index is 1.93. The number of rotatable bonds is 4. The van der Waals surface area contributed by atoms with Crippen molar-refractivity contribution in [2.75, 3.05) is 0 Å². The summed E-state index contributed by atoms with van der Waals surface area (Å²) in [5.41, 5.74) is 3.77. The molecule has 0 spiro atoms. The van der Waals surface area contributed by atoms with Crippen LogP contribution in [0.25, 0.3) is 11.3 Å². The topological polar surface area (TPSA) is 17.8 Å². The largest absolute Gasteiger partial charge is 0.326 e. The number of aryl methyl sites for hydroxylation is 2. The molecule has 0 radical (unpaired) electrons. The maximum Gasteiger partial charge on any atom is 0.161 e. The molecule has 2 aromatic heterocycles. The summed E-state index contributed by atoms with van der Waals surface area (Å²) in [7, 11) is 2.04. The van der Waals surface area contributed by atoms with Gasteiger partial charge >= 0.3 is 0 Å². The van der Waals surface area contributed by atoms with Crippen LogP contribution in [-0.4, -0.2) is 9.55 Å². The molecule has 4 heteroatoms. The molecular weight excluding hydrogens is 296 g/mol. The first kappa shape index (κ1) is 14.2. The smallest absolute Gasteiger partial charge is 0.161 e. The first-order valence-corrected chi connectivity index (χ1v) is 8.11. The normalized spacial score (nSPS) is 10.7. The lowest BCUT2D eigenvalue weighted by Gasteiger charge is -2.07. The van der Waals surface area contributed by atoms with Gasteiger partial charge in [0.25, 0.3) is 0 Å². The van der Waals surface area contributed by atoms with Crippen molar-refractivity contribution >= 4 is 23.6 Å². The highest BCUT2D eigenvalue weighted by atomic mass is 32.1. The second kappa shape index (κ2) is 6.33. The maximum atomic E-state index is 5.46. The lowest BCUT2D eigenvalue weighted by molar-refractivity contribution is 0.904. The van der Waals surface area contributed by atoms with Crippen LogP contribution < -0.4 is 0 Å². The quantitative estimate of drug-likeness (QED) is 0.652. The minimum atomic E-state index is 0.921. The molecule has 0 saturated carbocycles. The van der Waals surface area contributed by atoms with Crippen LogP contribution in [0.5, 0.6) is 0 Å². The van der Waals surface area contributed by atoms with Crippen molar-refractivity contribution in [2.45, 2.75) is 12.8 Å². The lowest BCUT2D eigenvalue weighted by Crippen LogP contribution is -1.96. The number of thiazole rings is 1. The van der Waals surface area contributed by atoms with Crippen LogP contribution in [0.3, 0.4) is 0 Å². The zero-order valence-corrected chi connectivity index (χ0v) is 13.5. The van der Waals surface area contributed by atoms with Crippen molar-refractivity contribution in [1.82, 2.24) is 9.55 Å². The highest BCUT2D eigenvalue weighted by Crippen LogP contribution is 2.29. The molecule has 0 fully saturated rings. The number of hydrogen-bond donors (Lipinski definition) is 0. The molecule has 106 valence electrons. The van der Waals surface area contributed by atoms with Crippen molar-refractivity contribution in [3.8, 4) is 11.3 Å². The van der Waals surface area contributed by atoms with Crippen LogP contribution in [0.1, 0.15) is 10.4 Å². The predicted molar refractivity (Wildman–Crippen MR) is 91.2 cm³/mol. The zero-order chi connectivity index (χ0) is 14.7. The van der Waals surface area contributed by atoms with Gasteiger partial charge in [0.05, 0.1) is 5.69 Å². The molecule has 21 heavy (non-hydrogen) atoms. The summed E-state index contributed by atoms with van der Waals surface area (Å²) >= 11 is 7.17. The molecule has 2 nitrogen and oxygen atoms in total. The average Bonchev–Trinajstić information content (AvgIpc) is 2.82. The monoisotopic (exact) mass is 312 g/mol. The Hall–Kier alpha value is -1.78. The molecule has 0 aliphatic heterocycles. The highest BCUT2D eigenvalue weighted by molar-refractivity contribution is 7.73. The standard InChI is InChI=1S/C17H16N2S2/c1-19-16(14-9-11-18-12-10-14)15(21-17(19)20)8-7-13-5-3-2-4-6-13/h2-6,9-12H,7-8H2,1H3. The molecule has 0 unspecified atom stereocenters. The van der Waals surface area contributed by atoms with E-state index in [1.165, 1.54) is 21.7 Å². The van der Waals surface area contributed by atoms with Gasteiger partial charge in [-0.05, 0) is 42.8 Å². The van der Waals surface area contributed by atoms with Gasteiger partial charge in [-0.15, -0.1) is 11.3 Å². The van der Waals surface area contributed by atoms with E-state index in [2.05, 4.69) is 39.9 Å². The Kier molecular flexibility index (Phi) is 4.27. The second-order valence-electron chi connectivity index (χ2n) is 4.92. The fourth-order valence-corrected chi connectivity index (χ4v) is 3.82. The molecule has 0 aliphatic carbocycles. The van der Waals surface area contributed by atoms with Crippen molar-refractivity contribution in [3.05, 3.63) is 69.3 Å². The minimum Gasteiger partial charge on any atom is -0.326 e. The second-order valence-corrected chi connectivity index (χ2v) is 6.65. The Morgan fingerprint density at radius 1 is 1.05 bits per heavy atom. The van der Waals surface area contributed by atoms with Crippen LogP contribution in [-0.2, 0) is 19.9 Å². The maximum absolute atomic E-state index is 5.46. The van der Waals surface area contributed by atoms with Crippen molar-refractivity contribution in [2.24, 2.45) is 7.05 Å². The van der Waals surface area contributed by atoms with Crippen molar-refractivity contribution in [3.63, 3.8) is 0 Å². The van der Waals surface area contributed by atoms with E-state index >= 15 is 0 Å². The number of aromatic nitrogens is 2. The van der Waals surface area contributed by atoms with E-state index < -0.39 is 0 Å². The number of pyridine rings is 1. The summed E-state index contributed by atoms with van der Waals surface area (Å²) in [6.07, 6.45) is 5.71. The Morgan fingerprint density at radius 2 is 1.76 bits per heavy atom. The first-order chi connectivity index (χ1) is 10.3. The molecule has 0 N–H and O–H groups in total. The van der Waals surface area contributed by atoms with Gasteiger partial charge in [0, 0.05) is 29.9 Å². The molecule has 0 saturated heterocycles. The highest BCUT2D eigenvalue weighted by Gasteiger charge is 2.12. The Morgan fingerprint density at radius 3 is 2.48 bits per heavy atom. The van der Waals surface area contributed by atoms with E-state index in [9.17, 15) is 0 Å². The number of nitrogens with zero attached hydrogens (tertiary/aromatic N) is 2. The summed E-state index contributed by atoms with van der Waals surface area (Å²) < 4.78 is 3.03. The molecule has 2 heterocycles. The van der Waals surface area contributed by atoms with E-state index in [4.69, 9.17) is 12.2 Å². The number of hydrogen-bond acceptors (Lipinski definition) is 3. The first-order valence-electron chi connectivity index (χ1n) is 6.89. The molecule has 3 aromatic rings. The van der Waals surface area contributed by atoms with Crippen LogP contribution in [0.2, 0.25) is 0 Å². The zero-order valence-electron chi connectivity index (χ0n) is 11.8. The van der Waals surface area contributed by atoms with Crippen LogP contribution in [0.15, 0.2) is 54.9 Å². The summed E-state index contributed by atoms with van der Waals surface area (Å²) in [6.45, 7) is 0. The summed E-state index contributed by atoms with van der Waals surface area (Å²) in [5, 5.41) is 0. The van der Waals surface area contributed by atoms with Gasteiger partial charge in [-0.1, -0.05) is 30.3 Å². The summed E-state index contributed by atoms with van der Waals surface area (Å²) in [4.78, 5) is 5.44. The molecule has 1 aromatic carbocycles. The van der Waals surface area contributed by atoms with Crippen LogP contribution in [0.4, 0.5) is 0 Å². The fraction of sp³-hybridized carbons (Fsp3) is 0.176. The summed E-state index contributed by atoms with van der Waals surface area (Å²) in [6, 6.07) is 14.7. The molecule has 0 atom stereocenters. The Bertz CT molecular complexity index is 774. The fourth-order valence-electron chi connectivity index (χ4n) is 2.44. The predicted octanol–water partition coefficient (Wildman–Crippen LogP) is 4.66. The van der Waals surface area contributed by atoms with E-state index in [1.54, 1.807) is 11.3 Å². The third-order valence-electron chi connectivity index (χ3n) is 3.52. The molecule has 0 bridgehead atoms. The van der Waals surface area contributed by atoms with Gasteiger partial charge in [0.15, 0.2) is 3.95 Å². The van der Waals surface area contributed by atoms with Crippen LogP contribution in [0, 0.1) is 3.95 Å². The molecular formula is C17H16N2S2. The van der Waals surface area contributed by atoms with Crippen molar-refractivity contribution in [1.29, 1.82) is 0 Å². The SMILES string of the molecule is Cn1c(-c2ccncc2)c(CCc2ccccc2)sc1=S. The van der Waals surface area contributed by atoms with E-state index in [0.717, 1.165) is 16.8 Å². The van der Waals surface area contributed by atoms with Gasteiger partial charge in [0.2, 0.25) is 0 Å². The lowest BCUT2D eigenvalue weighted by atomic mass is 10.1. The van der Waals surface area contributed by atoms with Gasteiger partial charge in [-0.25, -0.2) is 0 Å². The van der Waals surface area contributed by atoms with E-state index in [1.807, 2.05) is 31.6 Å². The third-order valence-corrected chi connectivity index (χ3v) is 5.14. The summed E-state index contributed by atoms with van der Waals surface area (Å²) in [5.74, 6) is 0. The van der Waals surface area contributed by atoms with Gasteiger partial charge < -0.3 is 4.57 Å².